The van der Waals surface area contributed by atoms with Crippen LogP contribution in [-0.4, -0.2) is 20.9 Å². The molecule has 0 heterocycles. The van der Waals surface area contributed by atoms with Crippen LogP contribution in [0.3, 0.4) is 0 Å². The van der Waals surface area contributed by atoms with Gasteiger partial charge in [-0.2, -0.15) is 0 Å². The van der Waals surface area contributed by atoms with Crippen molar-refractivity contribution in [1.29, 1.82) is 0 Å². The van der Waals surface area contributed by atoms with E-state index >= 15 is 0 Å². The summed E-state index contributed by atoms with van der Waals surface area (Å²) in [5, 5.41) is 6.36. The Morgan fingerprint density at radius 2 is 1.72 bits per heavy atom. The van der Waals surface area contributed by atoms with Crippen LogP contribution in [0.5, 0.6) is 0 Å². The topological polar surface area (TPSA) is 12.0 Å². The monoisotopic (exact) mass is 301 g/mol. The van der Waals surface area contributed by atoms with Gasteiger partial charge in [-0.25, -0.2) is 0 Å². The first-order chi connectivity index (χ1) is 8.23. The number of rotatable bonds is 6. The van der Waals surface area contributed by atoms with Gasteiger partial charge in [0, 0.05) is 0 Å². The van der Waals surface area contributed by atoms with Crippen LogP contribution in [0.2, 0.25) is 31.6 Å². The first kappa shape index (κ1) is 16.4. The molecule has 1 nitrogen and oxygen atoms in total. The summed E-state index contributed by atoms with van der Waals surface area (Å²) in [7, 11) is -0.449. The second-order valence-electron chi connectivity index (χ2n) is 7.47. The van der Waals surface area contributed by atoms with E-state index in [9.17, 15) is 0 Å². The Labute approximate surface area is 119 Å². The molecule has 0 fully saturated rings. The second-order valence-corrected chi connectivity index (χ2v) is 19.6. The molecule has 0 bridgehead atoms. The molecule has 18 heavy (non-hydrogen) atoms. The van der Waals surface area contributed by atoms with Gasteiger partial charge in [0.05, 0.1) is 0 Å². The van der Waals surface area contributed by atoms with E-state index in [1.165, 1.54) is 11.3 Å². The van der Waals surface area contributed by atoms with Crippen LogP contribution in [0.25, 0.3) is 0 Å². The van der Waals surface area contributed by atoms with Crippen LogP contribution in [0.15, 0.2) is 24.3 Å². The average molecular weight is 301 g/mol. The predicted molar refractivity (Wildman–Crippen MR) is 84.1 cm³/mol. The fourth-order valence-electron chi connectivity index (χ4n) is 2.96. The Morgan fingerprint density at radius 1 is 1.17 bits per heavy atom. The quantitative estimate of drug-likeness (QED) is 0.719. The summed E-state index contributed by atoms with van der Waals surface area (Å²) in [6, 6.07) is 0. The fraction of sp³-hybridized carbons (Fsp3) is 0.733. The molecule has 3 heteroatoms. The van der Waals surface area contributed by atoms with Crippen LogP contribution < -0.4 is 5.32 Å². The van der Waals surface area contributed by atoms with Gasteiger partial charge in [-0.3, -0.25) is 0 Å². The molecular formula is C15H31NSiTi. The Bertz CT molecular complexity index is 305. The van der Waals surface area contributed by atoms with E-state index in [-0.39, 0.29) is 5.54 Å². The maximum atomic E-state index is 3.69. The molecule has 0 aromatic carbocycles. The number of nitrogens with one attached hydrogen (secondary N) is 1. The predicted octanol–water partition coefficient (Wildman–Crippen LogP) is 4.35. The third-order valence-electron chi connectivity index (χ3n) is 3.78. The summed E-state index contributed by atoms with van der Waals surface area (Å²) >= 11 is -1.71. The third-order valence-corrected chi connectivity index (χ3v) is 19.0. The molecule has 0 amide bonds. The van der Waals surface area contributed by atoms with Crippen LogP contribution in [-0.2, 0) is 16.6 Å². The van der Waals surface area contributed by atoms with E-state index in [0.29, 0.717) is 0 Å². The number of hydrogen-bond donors (Lipinski definition) is 1. The average Bonchev–Trinajstić information content (AvgIpc) is 2.66. The van der Waals surface area contributed by atoms with Crippen molar-refractivity contribution < 1.29 is 16.6 Å². The summed E-state index contributed by atoms with van der Waals surface area (Å²) in [5.41, 5.74) is 0.264. The van der Waals surface area contributed by atoms with Gasteiger partial charge in [-0.15, -0.1) is 0 Å². The summed E-state index contributed by atoms with van der Waals surface area (Å²) in [4.78, 5) is 0. The number of hydrogen-bond acceptors (Lipinski definition) is 1. The van der Waals surface area contributed by atoms with Gasteiger partial charge < -0.3 is 0 Å². The second kappa shape index (κ2) is 6.69. The van der Waals surface area contributed by atoms with Crippen molar-refractivity contribution in [1.82, 2.24) is 5.32 Å². The van der Waals surface area contributed by atoms with E-state index < -0.39 is 25.4 Å². The van der Waals surface area contributed by atoms with Gasteiger partial charge in [-0.05, 0) is 0 Å². The van der Waals surface area contributed by atoms with Crippen LogP contribution in [0, 0.1) is 0 Å². The Kier molecular flexibility index (Phi) is 6.11. The zero-order chi connectivity index (χ0) is 13.8. The molecule has 104 valence electrons. The van der Waals surface area contributed by atoms with Gasteiger partial charge in [0.2, 0.25) is 0 Å². The SMILES string of the molecule is C[SiH](C)[CH2][Ti]([CH3])([CH2]CNC(C)(C)C)[CH]1C=CC=C1. The van der Waals surface area contributed by atoms with Crippen molar-refractivity contribution in [2.45, 2.75) is 57.9 Å². The summed E-state index contributed by atoms with van der Waals surface area (Å²) in [6.07, 6.45) is 9.45. The molecule has 1 unspecified atom stereocenters. The normalized spacial score (nSPS) is 19.7. The molecule has 1 N–H and O–H groups in total. The van der Waals surface area contributed by atoms with Gasteiger partial charge in [0.15, 0.2) is 0 Å². The molecule has 0 spiro atoms. The Balaban J connectivity index is 2.60. The van der Waals surface area contributed by atoms with Gasteiger partial charge >= 0.3 is 119 Å². The molecule has 1 aliphatic carbocycles. The summed E-state index contributed by atoms with van der Waals surface area (Å²) in [5.74, 6) is 0. The van der Waals surface area contributed by atoms with E-state index in [1.807, 2.05) is 0 Å². The van der Waals surface area contributed by atoms with Crippen molar-refractivity contribution in [3.05, 3.63) is 24.3 Å². The molecule has 1 atom stereocenters. The molecule has 1 aliphatic rings. The van der Waals surface area contributed by atoms with Crippen LogP contribution in [0.1, 0.15) is 20.8 Å². The summed E-state index contributed by atoms with van der Waals surface area (Å²) in [6.45, 7) is 13.0. The van der Waals surface area contributed by atoms with E-state index in [1.54, 1.807) is 4.35 Å². The van der Waals surface area contributed by atoms with Gasteiger partial charge in [0.25, 0.3) is 0 Å². The van der Waals surface area contributed by atoms with Crippen molar-refractivity contribution in [2.24, 2.45) is 0 Å². The maximum absolute atomic E-state index is 3.69. The van der Waals surface area contributed by atoms with Crippen LogP contribution in [0.4, 0.5) is 0 Å². The molecule has 0 aliphatic heterocycles. The van der Waals surface area contributed by atoms with Gasteiger partial charge in [-0.1, -0.05) is 0 Å². The Hall–Kier alpha value is 0.371. The third kappa shape index (κ3) is 5.56. The molecule has 0 saturated heterocycles. The first-order valence-electron chi connectivity index (χ1n) is 7.33. The molecule has 1 rings (SSSR count). The fourth-order valence-corrected chi connectivity index (χ4v) is 19.7. The van der Waals surface area contributed by atoms with Crippen molar-refractivity contribution in [2.75, 3.05) is 6.54 Å². The minimum atomic E-state index is -1.71. The molecule has 0 saturated carbocycles. The van der Waals surface area contributed by atoms with Gasteiger partial charge in [0.1, 0.15) is 0 Å². The Morgan fingerprint density at radius 3 is 2.17 bits per heavy atom. The van der Waals surface area contributed by atoms with Crippen molar-refractivity contribution >= 4 is 8.80 Å². The van der Waals surface area contributed by atoms with Crippen LogP contribution >= 0.6 is 0 Å². The molecule has 0 aromatic heterocycles. The zero-order valence-corrected chi connectivity index (χ0v) is 15.8. The van der Waals surface area contributed by atoms with E-state index in [2.05, 4.69) is 68.7 Å². The first-order valence-corrected chi connectivity index (χ1v) is 15.1. The molecule has 0 aromatic rings. The van der Waals surface area contributed by atoms with E-state index in [4.69, 9.17) is 0 Å². The number of allylic oxidation sites excluding steroid dienone is 4. The molecule has 0 radical (unpaired) electrons. The standard InChI is InChI=1S/C6H14N.C5H5.C3H9Si.CH3.Ti/c1-5-7-6(2,3)4;1-2-4-5-3-1;1-4(2)3;;/h7H,1,5H2,2-4H3;1-5H;4H,1H2,2-3H3;1H3;. The van der Waals surface area contributed by atoms with Crippen molar-refractivity contribution in [3.63, 3.8) is 0 Å². The minimum absolute atomic E-state index is 0.264. The summed E-state index contributed by atoms with van der Waals surface area (Å²) < 4.78 is 3.91. The van der Waals surface area contributed by atoms with Crippen molar-refractivity contribution in [3.8, 4) is 0 Å². The molecular weight excluding hydrogens is 270 g/mol. The van der Waals surface area contributed by atoms with E-state index in [0.717, 1.165) is 4.22 Å². The zero-order valence-electron chi connectivity index (χ0n) is 13.1.